The average molecular weight is 452 g/mol. The van der Waals surface area contributed by atoms with Gasteiger partial charge in [-0.1, -0.05) is 66.2 Å². The summed E-state index contributed by atoms with van der Waals surface area (Å²) < 4.78 is 0. The van der Waals surface area contributed by atoms with Crippen LogP contribution in [0.3, 0.4) is 0 Å². The van der Waals surface area contributed by atoms with Gasteiger partial charge < -0.3 is 10.4 Å². The summed E-state index contributed by atoms with van der Waals surface area (Å²) in [5, 5.41) is 12.4. The molecule has 158 valence electrons. The van der Waals surface area contributed by atoms with Gasteiger partial charge in [-0.25, -0.2) is 0 Å². The summed E-state index contributed by atoms with van der Waals surface area (Å²) in [6.45, 7) is 1.90. The van der Waals surface area contributed by atoms with E-state index in [4.69, 9.17) is 16.7 Å². The topological polar surface area (TPSA) is 66.4 Å². The number of para-hydroxylation sites is 1. The predicted molar refractivity (Wildman–Crippen MR) is 130 cm³/mol. The lowest BCUT2D eigenvalue weighted by atomic mass is 9.99. The first-order valence-corrected chi connectivity index (χ1v) is 11.2. The van der Waals surface area contributed by atoms with Gasteiger partial charge in [-0.05, 0) is 42.3 Å². The molecule has 0 aliphatic rings. The molecule has 0 radical (unpaired) electrons. The zero-order valence-corrected chi connectivity index (χ0v) is 18.5. The fraction of sp³-hybridized carbons (Fsp3) is 0.120. The molecule has 0 saturated heterocycles. The van der Waals surface area contributed by atoms with Crippen LogP contribution in [-0.4, -0.2) is 28.4 Å². The highest BCUT2D eigenvalue weighted by atomic mass is 35.5. The van der Waals surface area contributed by atoms with Crippen molar-refractivity contribution < 1.29 is 14.7 Å². The maximum atomic E-state index is 12.9. The molecule has 0 heterocycles. The summed E-state index contributed by atoms with van der Waals surface area (Å²) in [6.07, 6.45) is 3.89. The molecule has 31 heavy (non-hydrogen) atoms. The summed E-state index contributed by atoms with van der Waals surface area (Å²) >= 11 is 7.79. The smallest absolute Gasteiger partial charge is 0.313 e. The van der Waals surface area contributed by atoms with Gasteiger partial charge in [-0.15, -0.1) is 11.8 Å². The predicted octanol–water partition coefficient (Wildman–Crippen LogP) is 6.45. The van der Waals surface area contributed by atoms with E-state index in [1.807, 2.05) is 67.6 Å². The Balaban J connectivity index is 1.75. The van der Waals surface area contributed by atoms with Crippen molar-refractivity contribution in [2.24, 2.45) is 0 Å². The number of rotatable bonds is 9. The van der Waals surface area contributed by atoms with Crippen molar-refractivity contribution in [2.75, 3.05) is 16.8 Å². The van der Waals surface area contributed by atoms with E-state index in [0.717, 1.165) is 22.5 Å². The molecule has 4 nitrogen and oxygen atoms in total. The third-order valence-corrected chi connectivity index (χ3v) is 5.77. The van der Waals surface area contributed by atoms with Crippen LogP contribution in [0, 0.1) is 6.92 Å². The third-order valence-electron chi connectivity index (χ3n) is 4.58. The van der Waals surface area contributed by atoms with Crippen molar-refractivity contribution in [1.29, 1.82) is 0 Å². The molecular weight excluding hydrogens is 430 g/mol. The Kier molecular flexibility index (Phi) is 7.93. The highest BCUT2D eigenvalue weighted by molar-refractivity contribution is 8.00. The number of hydrogen-bond acceptors (Lipinski definition) is 4. The number of aryl methyl sites for hydroxylation is 1. The number of ketones is 1. The van der Waals surface area contributed by atoms with Gasteiger partial charge in [-0.2, -0.15) is 0 Å². The van der Waals surface area contributed by atoms with E-state index in [-0.39, 0.29) is 11.5 Å². The third kappa shape index (κ3) is 6.23. The number of carbonyl (C=O) groups is 2. The van der Waals surface area contributed by atoms with Crippen LogP contribution in [0.1, 0.15) is 27.0 Å². The molecule has 0 atom stereocenters. The molecule has 0 unspecified atom stereocenters. The molecular formula is C25H22ClNO3S. The maximum absolute atomic E-state index is 12.9. The Bertz CT molecular complexity index is 1130. The molecule has 0 amide bonds. The van der Waals surface area contributed by atoms with Crippen molar-refractivity contribution in [2.45, 2.75) is 6.92 Å². The monoisotopic (exact) mass is 451 g/mol. The number of hydrogen-bond donors (Lipinski definition) is 2. The largest absolute Gasteiger partial charge is 0.481 e. The average Bonchev–Trinajstić information content (AvgIpc) is 2.74. The van der Waals surface area contributed by atoms with Gasteiger partial charge in [0.05, 0.1) is 10.8 Å². The molecule has 0 aliphatic heterocycles. The molecule has 2 N–H and O–H groups in total. The van der Waals surface area contributed by atoms with Gasteiger partial charge in [0.15, 0.2) is 5.78 Å². The molecule has 3 aromatic rings. The molecule has 3 aromatic carbocycles. The second kappa shape index (κ2) is 10.8. The second-order valence-corrected chi connectivity index (χ2v) is 8.30. The molecule has 0 saturated carbocycles. The number of carbonyl (C=O) groups excluding carboxylic acids is 1. The Morgan fingerprint density at radius 3 is 2.52 bits per heavy atom. The van der Waals surface area contributed by atoms with Crippen molar-refractivity contribution >= 4 is 52.6 Å². The number of carboxylic acids is 1. The van der Waals surface area contributed by atoms with Crippen molar-refractivity contribution in [1.82, 2.24) is 0 Å². The number of aliphatic carboxylic acids is 1. The van der Waals surface area contributed by atoms with Crippen molar-refractivity contribution in [3.05, 3.63) is 100 Å². The van der Waals surface area contributed by atoms with Crippen LogP contribution in [0.2, 0.25) is 5.02 Å². The van der Waals surface area contributed by atoms with E-state index in [1.54, 1.807) is 18.2 Å². The van der Waals surface area contributed by atoms with Crippen LogP contribution in [0.15, 0.2) is 72.8 Å². The molecule has 0 aliphatic carbocycles. The molecule has 3 rings (SSSR count). The van der Waals surface area contributed by atoms with Crippen LogP contribution in [0.5, 0.6) is 0 Å². The highest BCUT2D eigenvalue weighted by Gasteiger charge is 2.15. The van der Waals surface area contributed by atoms with Crippen LogP contribution in [0.4, 0.5) is 11.4 Å². The van der Waals surface area contributed by atoms with Gasteiger partial charge in [0.2, 0.25) is 0 Å². The van der Waals surface area contributed by atoms with E-state index in [1.165, 1.54) is 11.8 Å². The summed E-state index contributed by atoms with van der Waals surface area (Å²) in [6, 6.07) is 20.5. The fourth-order valence-corrected chi connectivity index (χ4v) is 3.84. The summed E-state index contributed by atoms with van der Waals surface area (Å²) in [5.41, 5.74) is 4.64. The van der Waals surface area contributed by atoms with Gasteiger partial charge >= 0.3 is 5.97 Å². The Morgan fingerprint density at radius 1 is 1.03 bits per heavy atom. The summed E-state index contributed by atoms with van der Waals surface area (Å²) in [7, 11) is 0. The molecule has 0 bridgehead atoms. The zero-order chi connectivity index (χ0) is 22.2. The minimum atomic E-state index is -0.818. The lowest BCUT2D eigenvalue weighted by Crippen LogP contribution is -2.05. The lowest BCUT2D eigenvalue weighted by Gasteiger charge is -2.12. The van der Waals surface area contributed by atoms with Gasteiger partial charge in [0.25, 0.3) is 0 Å². The highest BCUT2D eigenvalue weighted by Crippen LogP contribution is 2.28. The fourth-order valence-electron chi connectivity index (χ4n) is 3.05. The van der Waals surface area contributed by atoms with Crippen LogP contribution < -0.4 is 5.32 Å². The SMILES string of the molecule is Cc1ccccc1C(=O)c1ccc(Nc2ccccc2C=CCSCC(=O)O)cc1Cl. The standard InChI is InChI=1S/C25H22ClNO3S/c1-17-7-2-4-10-20(17)25(30)21-13-12-19(15-22(21)26)27-23-11-5-3-8-18(23)9-6-14-31-16-24(28)29/h2-13,15,27H,14,16H2,1H3,(H,28,29). The Hall–Kier alpha value is -3.02. The van der Waals surface area contributed by atoms with Crippen LogP contribution >= 0.6 is 23.4 Å². The Labute approximate surface area is 191 Å². The number of benzene rings is 3. The number of nitrogens with one attached hydrogen (secondary N) is 1. The number of carboxylic acid groups (broad SMARTS) is 1. The molecule has 6 heteroatoms. The zero-order valence-electron chi connectivity index (χ0n) is 17.0. The second-order valence-electron chi connectivity index (χ2n) is 6.86. The van der Waals surface area contributed by atoms with Crippen LogP contribution in [-0.2, 0) is 4.79 Å². The lowest BCUT2D eigenvalue weighted by molar-refractivity contribution is -0.133. The van der Waals surface area contributed by atoms with E-state index < -0.39 is 5.97 Å². The summed E-state index contributed by atoms with van der Waals surface area (Å²) in [5.74, 6) is -0.225. The van der Waals surface area contributed by atoms with E-state index in [2.05, 4.69) is 5.32 Å². The van der Waals surface area contributed by atoms with E-state index in [9.17, 15) is 9.59 Å². The van der Waals surface area contributed by atoms with Crippen molar-refractivity contribution in [3.8, 4) is 0 Å². The van der Waals surface area contributed by atoms with Crippen LogP contribution in [0.25, 0.3) is 6.08 Å². The van der Waals surface area contributed by atoms with Crippen molar-refractivity contribution in [3.63, 3.8) is 0 Å². The normalized spacial score (nSPS) is 10.9. The maximum Gasteiger partial charge on any atom is 0.313 e. The first kappa shape index (κ1) is 22.7. The minimum absolute atomic E-state index is 0.0797. The first-order valence-electron chi connectivity index (χ1n) is 9.67. The first-order chi connectivity index (χ1) is 15.0. The van der Waals surface area contributed by atoms with Gasteiger partial charge in [-0.3, -0.25) is 9.59 Å². The summed E-state index contributed by atoms with van der Waals surface area (Å²) in [4.78, 5) is 23.5. The van der Waals surface area contributed by atoms with E-state index >= 15 is 0 Å². The number of thioether (sulfide) groups is 1. The molecule has 0 aromatic heterocycles. The van der Waals surface area contributed by atoms with Gasteiger partial charge in [0.1, 0.15) is 0 Å². The molecule has 0 spiro atoms. The van der Waals surface area contributed by atoms with Gasteiger partial charge in [0, 0.05) is 28.3 Å². The molecule has 0 fully saturated rings. The number of anilines is 2. The quantitative estimate of drug-likeness (QED) is 0.289. The van der Waals surface area contributed by atoms with E-state index in [0.29, 0.717) is 21.9 Å². The minimum Gasteiger partial charge on any atom is -0.481 e. The number of halogens is 1. The Morgan fingerprint density at radius 2 is 1.77 bits per heavy atom.